The standard InChI is InChI=1S/C20H38N6O2/c1-10-21-18(22-11-16-14(4)25-26(9)15(16)5)23-12-17(13(2)3)24-19(27)28-20(6,7)8/h13,17H,10-12H2,1-9H3,(H,24,27)(H2,21,22,23). The van der Waals surface area contributed by atoms with Crippen molar-refractivity contribution in [1.29, 1.82) is 0 Å². The number of hydrogen-bond donors (Lipinski definition) is 3. The van der Waals surface area contributed by atoms with Gasteiger partial charge in [0.1, 0.15) is 5.60 Å². The van der Waals surface area contributed by atoms with Gasteiger partial charge in [-0.3, -0.25) is 4.68 Å². The van der Waals surface area contributed by atoms with E-state index in [9.17, 15) is 4.79 Å². The van der Waals surface area contributed by atoms with Crippen LogP contribution in [0, 0.1) is 19.8 Å². The normalized spacial score (nSPS) is 13.4. The van der Waals surface area contributed by atoms with Crippen LogP contribution in [0.5, 0.6) is 0 Å². The first kappa shape index (κ1) is 23.8. The van der Waals surface area contributed by atoms with Crippen molar-refractivity contribution in [2.75, 3.05) is 13.1 Å². The Labute approximate surface area is 169 Å². The van der Waals surface area contributed by atoms with Crippen LogP contribution in [-0.4, -0.2) is 46.6 Å². The molecule has 8 nitrogen and oxygen atoms in total. The van der Waals surface area contributed by atoms with Crippen molar-refractivity contribution in [3.63, 3.8) is 0 Å². The summed E-state index contributed by atoms with van der Waals surface area (Å²) in [7, 11) is 1.94. The molecule has 0 saturated heterocycles. The van der Waals surface area contributed by atoms with E-state index in [2.05, 4.69) is 39.9 Å². The van der Waals surface area contributed by atoms with E-state index in [1.165, 1.54) is 0 Å². The van der Waals surface area contributed by atoms with Gasteiger partial charge in [0, 0.05) is 31.4 Å². The lowest BCUT2D eigenvalue weighted by atomic mass is 10.0. The molecule has 8 heteroatoms. The average molecular weight is 395 g/mol. The number of carbonyl (C=O) groups is 1. The average Bonchev–Trinajstić information content (AvgIpc) is 2.79. The molecule has 0 aliphatic carbocycles. The van der Waals surface area contributed by atoms with E-state index in [1.807, 2.05) is 53.3 Å². The maximum Gasteiger partial charge on any atom is 0.407 e. The van der Waals surface area contributed by atoms with Crippen molar-refractivity contribution in [3.05, 3.63) is 17.0 Å². The molecule has 1 aromatic heterocycles. The van der Waals surface area contributed by atoms with E-state index in [0.29, 0.717) is 19.0 Å². The minimum Gasteiger partial charge on any atom is -0.444 e. The minimum absolute atomic E-state index is 0.0828. The third kappa shape index (κ3) is 7.78. The predicted molar refractivity (Wildman–Crippen MR) is 113 cm³/mol. The molecule has 0 saturated carbocycles. The summed E-state index contributed by atoms with van der Waals surface area (Å²) in [5.74, 6) is 0.951. The number of rotatable bonds is 7. The van der Waals surface area contributed by atoms with E-state index in [4.69, 9.17) is 4.74 Å². The molecule has 1 unspecified atom stereocenters. The molecule has 0 spiro atoms. The Kier molecular flexibility index (Phi) is 8.78. The van der Waals surface area contributed by atoms with Crippen molar-refractivity contribution in [2.45, 2.75) is 73.6 Å². The van der Waals surface area contributed by atoms with Gasteiger partial charge in [-0.2, -0.15) is 5.10 Å². The molecule has 1 heterocycles. The number of guanidine groups is 1. The Morgan fingerprint density at radius 2 is 1.89 bits per heavy atom. The fourth-order valence-corrected chi connectivity index (χ4v) is 2.67. The van der Waals surface area contributed by atoms with Gasteiger partial charge in [0.25, 0.3) is 0 Å². The molecule has 1 amide bonds. The number of nitrogens with zero attached hydrogens (tertiary/aromatic N) is 3. The van der Waals surface area contributed by atoms with Crippen molar-refractivity contribution < 1.29 is 9.53 Å². The SMILES string of the molecule is CCNC(=NCc1c(C)nn(C)c1C)NCC(NC(=O)OC(C)(C)C)C(C)C. The maximum atomic E-state index is 12.1. The van der Waals surface area contributed by atoms with E-state index >= 15 is 0 Å². The van der Waals surface area contributed by atoms with Crippen molar-refractivity contribution in [1.82, 2.24) is 25.7 Å². The lowest BCUT2D eigenvalue weighted by Crippen LogP contribution is -2.50. The molecule has 28 heavy (non-hydrogen) atoms. The molecular formula is C20H38N6O2. The first-order valence-electron chi connectivity index (χ1n) is 9.95. The third-order valence-electron chi connectivity index (χ3n) is 4.39. The number of nitrogens with one attached hydrogen (secondary N) is 3. The molecule has 1 rings (SSSR count). The van der Waals surface area contributed by atoms with Crippen LogP contribution < -0.4 is 16.0 Å². The van der Waals surface area contributed by atoms with Gasteiger partial charge in [-0.15, -0.1) is 0 Å². The lowest BCUT2D eigenvalue weighted by Gasteiger charge is -2.26. The smallest absolute Gasteiger partial charge is 0.407 e. The number of hydrogen-bond acceptors (Lipinski definition) is 4. The zero-order chi connectivity index (χ0) is 21.5. The summed E-state index contributed by atoms with van der Waals surface area (Å²) in [4.78, 5) is 16.8. The van der Waals surface area contributed by atoms with Crippen LogP contribution in [0.25, 0.3) is 0 Å². The summed E-state index contributed by atoms with van der Waals surface area (Å²) in [6.45, 7) is 17.6. The van der Waals surface area contributed by atoms with Crippen molar-refractivity contribution in [3.8, 4) is 0 Å². The molecule has 0 radical (unpaired) electrons. The van der Waals surface area contributed by atoms with E-state index < -0.39 is 11.7 Å². The van der Waals surface area contributed by atoms with Gasteiger partial charge in [-0.25, -0.2) is 9.79 Å². The number of aryl methyl sites for hydroxylation is 2. The lowest BCUT2D eigenvalue weighted by molar-refractivity contribution is 0.0491. The fourth-order valence-electron chi connectivity index (χ4n) is 2.67. The molecule has 0 fully saturated rings. The first-order valence-corrected chi connectivity index (χ1v) is 9.95. The summed E-state index contributed by atoms with van der Waals surface area (Å²) >= 11 is 0. The van der Waals surface area contributed by atoms with Gasteiger partial charge >= 0.3 is 6.09 Å². The highest BCUT2D eigenvalue weighted by Crippen LogP contribution is 2.13. The Bertz CT molecular complexity index is 673. The quantitative estimate of drug-likeness (QED) is 0.488. The Morgan fingerprint density at radius 3 is 2.36 bits per heavy atom. The van der Waals surface area contributed by atoms with Gasteiger partial charge < -0.3 is 20.7 Å². The highest BCUT2D eigenvalue weighted by molar-refractivity contribution is 5.80. The van der Waals surface area contributed by atoms with Gasteiger partial charge in [-0.1, -0.05) is 13.8 Å². The Hall–Kier alpha value is -2.25. The molecule has 3 N–H and O–H groups in total. The topological polar surface area (TPSA) is 92.6 Å². The molecule has 0 aliphatic heterocycles. The molecular weight excluding hydrogens is 356 g/mol. The molecule has 160 valence electrons. The Morgan fingerprint density at radius 1 is 1.25 bits per heavy atom. The monoisotopic (exact) mass is 394 g/mol. The van der Waals surface area contributed by atoms with Crippen LogP contribution in [0.3, 0.4) is 0 Å². The number of ether oxygens (including phenoxy) is 1. The zero-order valence-corrected chi connectivity index (χ0v) is 18.9. The number of amides is 1. The number of aliphatic imine (C=N–C) groups is 1. The second kappa shape index (κ2) is 10.3. The fraction of sp³-hybridized carbons (Fsp3) is 0.750. The molecule has 0 aliphatic rings. The number of aromatic nitrogens is 2. The van der Waals surface area contributed by atoms with Crippen LogP contribution in [0.4, 0.5) is 4.79 Å². The van der Waals surface area contributed by atoms with Crippen LogP contribution >= 0.6 is 0 Å². The van der Waals surface area contributed by atoms with Gasteiger partial charge in [0.05, 0.1) is 18.3 Å². The summed E-state index contributed by atoms with van der Waals surface area (Å²) in [6.07, 6.45) is -0.406. The largest absolute Gasteiger partial charge is 0.444 e. The van der Waals surface area contributed by atoms with E-state index in [-0.39, 0.29) is 12.0 Å². The van der Waals surface area contributed by atoms with Gasteiger partial charge in [-0.05, 0) is 47.5 Å². The highest BCUT2D eigenvalue weighted by Gasteiger charge is 2.21. The van der Waals surface area contributed by atoms with Crippen LogP contribution in [0.15, 0.2) is 4.99 Å². The second-order valence-corrected chi connectivity index (χ2v) is 8.35. The maximum absolute atomic E-state index is 12.1. The highest BCUT2D eigenvalue weighted by atomic mass is 16.6. The molecule has 0 aromatic carbocycles. The first-order chi connectivity index (χ1) is 12.9. The minimum atomic E-state index is -0.519. The summed E-state index contributed by atoms with van der Waals surface area (Å²) < 4.78 is 7.25. The van der Waals surface area contributed by atoms with Crippen LogP contribution in [-0.2, 0) is 18.3 Å². The Balaban J connectivity index is 2.76. The third-order valence-corrected chi connectivity index (χ3v) is 4.39. The zero-order valence-electron chi connectivity index (χ0n) is 18.9. The predicted octanol–water partition coefficient (Wildman–Crippen LogP) is 2.64. The van der Waals surface area contributed by atoms with Gasteiger partial charge in [0.15, 0.2) is 5.96 Å². The summed E-state index contributed by atoms with van der Waals surface area (Å²) in [6, 6.07) is -0.0828. The van der Waals surface area contributed by atoms with E-state index in [1.54, 1.807) is 0 Å². The molecule has 1 aromatic rings. The number of carbonyl (C=O) groups excluding carboxylic acids is 1. The number of alkyl carbamates (subject to hydrolysis) is 1. The summed E-state index contributed by atoms with van der Waals surface area (Å²) in [5, 5.41) is 14.0. The van der Waals surface area contributed by atoms with Crippen LogP contribution in [0.2, 0.25) is 0 Å². The van der Waals surface area contributed by atoms with E-state index in [0.717, 1.165) is 23.5 Å². The molecule has 0 bridgehead atoms. The summed E-state index contributed by atoms with van der Waals surface area (Å²) in [5.41, 5.74) is 2.72. The molecule has 1 atom stereocenters. The van der Waals surface area contributed by atoms with Crippen molar-refractivity contribution >= 4 is 12.1 Å². The second-order valence-electron chi connectivity index (χ2n) is 8.35. The van der Waals surface area contributed by atoms with Crippen molar-refractivity contribution in [2.24, 2.45) is 18.0 Å². The van der Waals surface area contributed by atoms with Crippen LogP contribution in [0.1, 0.15) is 58.5 Å². The van der Waals surface area contributed by atoms with Gasteiger partial charge in [0.2, 0.25) is 0 Å².